The van der Waals surface area contributed by atoms with Gasteiger partial charge in [-0.1, -0.05) is 0 Å². The highest BCUT2D eigenvalue weighted by Crippen LogP contribution is 2.28. The number of carbonyl (C=O) groups is 1. The summed E-state index contributed by atoms with van der Waals surface area (Å²) < 4.78 is 0. The number of hydrogen-bond acceptors (Lipinski definition) is 8. The summed E-state index contributed by atoms with van der Waals surface area (Å²) in [6.07, 6.45) is 4.25. The molecule has 0 aromatic carbocycles. The third kappa shape index (κ3) is 3.20. The zero-order chi connectivity index (χ0) is 17.4. The highest BCUT2D eigenvalue weighted by Gasteiger charge is 2.37. The molecule has 4 heterocycles. The third-order valence-corrected chi connectivity index (χ3v) is 5.24. The van der Waals surface area contributed by atoms with Gasteiger partial charge in [-0.15, -0.1) is 0 Å². The van der Waals surface area contributed by atoms with E-state index in [1.165, 1.54) is 0 Å². The lowest BCUT2D eigenvalue weighted by molar-refractivity contribution is -0.119. The molecule has 4 rings (SSSR count). The Morgan fingerprint density at radius 3 is 1.88 bits per heavy atom. The fourth-order valence-corrected chi connectivity index (χ4v) is 3.89. The van der Waals surface area contributed by atoms with Crippen molar-refractivity contribution in [3.8, 4) is 0 Å². The van der Waals surface area contributed by atoms with Crippen molar-refractivity contribution in [2.75, 3.05) is 47.4 Å². The van der Waals surface area contributed by atoms with Crippen molar-refractivity contribution in [1.29, 1.82) is 0 Å². The van der Waals surface area contributed by atoms with Gasteiger partial charge < -0.3 is 25.5 Å². The molecular formula is C16H25N7O2. The summed E-state index contributed by atoms with van der Waals surface area (Å²) in [6.45, 7) is 4.06. The highest BCUT2D eigenvalue weighted by molar-refractivity contribution is 5.84. The van der Waals surface area contributed by atoms with E-state index in [1.54, 1.807) is 4.90 Å². The quantitative estimate of drug-likeness (QED) is 0.749. The summed E-state index contributed by atoms with van der Waals surface area (Å²) >= 11 is 0. The predicted octanol–water partition coefficient (Wildman–Crippen LogP) is -0.503. The van der Waals surface area contributed by atoms with E-state index >= 15 is 0 Å². The van der Waals surface area contributed by atoms with Crippen LogP contribution in [0.1, 0.15) is 32.1 Å². The number of β-amino-alcohol motifs (C(OH)–C–C–N with tert-alkyl or cyclic N) is 1. The van der Waals surface area contributed by atoms with Crippen LogP contribution in [-0.2, 0) is 4.79 Å². The number of aliphatic hydroxyl groups is 1. The van der Waals surface area contributed by atoms with Crippen LogP contribution in [0.2, 0.25) is 0 Å². The zero-order valence-corrected chi connectivity index (χ0v) is 14.3. The molecule has 0 spiro atoms. The van der Waals surface area contributed by atoms with E-state index in [0.29, 0.717) is 30.8 Å². The summed E-state index contributed by atoms with van der Waals surface area (Å²) in [5, 5.41) is 10.0. The first-order valence-corrected chi connectivity index (χ1v) is 9.12. The molecule has 1 amide bonds. The largest absolute Gasteiger partial charge is 0.391 e. The highest BCUT2D eigenvalue weighted by atomic mass is 16.3. The van der Waals surface area contributed by atoms with Gasteiger partial charge in [0.2, 0.25) is 23.8 Å². The second-order valence-electron chi connectivity index (χ2n) is 7.08. The fourth-order valence-electron chi connectivity index (χ4n) is 3.89. The van der Waals surface area contributed by atoms with Gasteiger partial charge in [0.25, 0.3) is 0 Å². The number of nitrogens with zero attached hydrogens (tertiary/aromatic N) is 6. The second-order valence-corrected chi connectivity index (χ2v) is 7.08. The Kier molecular flexibility index (Phi) is 4.32. The summed E-state index contributed by atoms with van der Waals surface area (Å²) in [4.78, 5) is 31.8. The molecule has 1 aromatic rings. The number of rotatable bonds is 4. The van der Waals surface area contributed by atoms with Gasteiger partial charge in [-0.05, 0) is 25.7 Å². The van der Waals surface area contributed by atoms with Crippen LogP contribution in [0.5, 0.6) is 0 Å². The van der Waals surface area contributed by atoms with Crippen LogP contribution in [0.25, 0.3) is 0 Å². The summed E-state index contributed by atoms with van der Waals surface area (Å²) in [6, 6.07) is -0.574. The number of aromatic nitrogens is 3. The second kappa shape index (κ2) is 6.62. The minimum absolute atomic E-state index is 0.316. The van der Waals surface area contributed by atoms with E-state index in [2.05, 4.69) is 24.8 Å². The average molecular weight is 347 g/mol. The molecule has 0 aliphatic carbocycles. The van der Waals surface area contributed by atoms with Gasteiger partial charge in [0, 0.05) is 39.1 Å². The van der Waals surface area contributed by atoms with Gasteiger partial charge >= 0.3 is 0 Å². The molecule has 9 nitrogen and oxygen atoms in total. The molecule has 3 fully saturated rings. The number of carbonyl (C=O) groups excluding carboxylic acids is 1. The van der Waals surface area contributed by atoms with Gasteiger partial charge in [-0.3, -0.25) is 4.79 Å². The smallest absolute Gasteiger partial charge is 0.240 e. The van der Waals surface area contributed by atoms with Gasteiger partial charge in [0.1, 0.15) is 6.04 Å². The Hall–Kier alpha value is -2.16. The van der Waals surface area contributed by atoms with Crippen LogP contribution in [0.3, 0.4) is 0 Å². The average Bonchev–Trinajstić information content (AvgIpc) is 3.35. The van der Waals surface area contributed by atoms with Crippen molar-refractivity contribution in [1.82, 2.24) is 15.0 Å². The molecule has 0 radical (unpaired) electrons. The fraction of sp³-hybridized carbons (Fsp3) is 0.750. The Labute approximate surface area is 146 Å². The molecule has 3 aliphatic rings. The first-order valence-electron chi connectivity index (χ1n) is 9.12. The van der Waals surface area contributed by atoms with Gasteiger partial charge in [0.05, 0.1) is 6.10 Å². The monoisotopic (exact) mass is 347 g/mol. The maximum absolute atomic E-state index is 11.8. The molecule has 136 valence electrons. The molecule has 3 N–H and O–H groups in total. The van der Waals surface area contributed by atoms with Crippen LogP contribution >= 0.6 is 0 Å². The van der Waals surface area contributed by atoms with Gasteiger partial charge in [-0.25, -0.2) is 0 Å². The van der Waals surface area contributed by atoms with Crippen molar-refractivity contribution in [3.05, 3.63) is 0 Å². The standard InChI is InChI=1S/C16H25N7O2/c17-13(25)12-9-11(24)10-23(12)16-19-14(21-5-1-2-6-21)18-15(20-16)22-7-3-4-8-22/h11-12,24H,1-10H2,(H2,17,25)/t11-,12-/m1/s1. The first kappa shape index (κ1) is 16.3. The number of aliphatic hydroxyl groups excluding tert-OH is 1. The molecule has 0 bridgehead atoms. The van der Waals surface area contributed by atoms with E-state index in [4.69, 9.17) is 5.73 Å². The number of amides is 1. The molecule has 0 saturated carbocycles. The summed E-state index contributed by atoms with van der Waals surface area (Å²) in [7, 11) is 0. The molecule has 0 unspecified atom stereocenters. The van der Waals surface area contributed by atoms with E-state index in [-0.39, 0.29) is 0 Å². The molecule has 9 heteroatoms. The normalized spacial score (nSPS) is 26.7. The van der Waals surface area contributed by atoms with Crippen LogP contribution in [0.4, 0.5) is 17.8 Å². The van der Waals surface area contributed by atoms with Crippen molar-refractivity contribution in [3.63, 3.8) is 0 Å². The molecule has 3 aliphatic heterocycles. The van der Waals surface area contributed by atoms with Crippen molar-refractivity contribution < 1.29 is 9.90 Å². The zero-order valence-electron chi connectivity index (χ0n) is 14.3. The first-order chi connectivity index (χ1) is 12.1. The molecule has 3 saturated heterocycles. The number of anilines is 3. The summed E-state index contributed by atoms with van der Waals surface area (Å²) in [5.74, 6) is 1.31. The Morgan fingerprint density at radius 2 is 1.40 bits per heavy atom. The Bertz CT molecular complexity index is 609. The lowest BCUT2D eigenvalue weighted by atomic mass is 10.2. The van der Waals surface area contributed by atoms with Crippen LogP contribution in [-0.4, -0.2) is 70.8 Å². The van der Waals surface area contributed by atoms with Crippen LogP contribution in [0, 0.1) is 0 Å². The van der Waals surface area contributed by atoms with Gasteiger partial charge in [0.15, 0.2) is 0 Å². The third-order valence-electron chi connectivity index (χ3n) is 5.24. The summed E-state index contributed by atoms with van der Waals surface area (Å²) in [5.41, 5.74) is 5.52. The molecule has 25 heavy (non-hydrogen) atoms. The predicted molar refractivity (Wildman–Crippen MR) is 93.7 cm³/mol. The Balaban J connectivity index is 1.71. The van der Waals surface area contributed by atoms with Crippen molar-refractivity contribution >= 4 is 23.8 Å². The SMILES string of the molecule is NC(=O)[C@H]1C[C@@H](O)CN1c1nc(N2CCCC2)nc(N2CCCC2)n1. The minimum atomic E-state index is -0.597. The lowest BCUT2D eigenvalue weighted by Crippen LogP contribution is -2.41. The van der Waals surface area contributed by atoms with E-state index in [0.717, 1.165) is 51.9 Å². The number of primary amides is 1. The maximum Gasteiger partial charge on any atom is 0.240 e. The number of nitrogens with two attached hydrogens (primary N) is 1. The van der Waals surface area contributed by atoms with Gasteiger partial charge in [-0.2, -0.15) is 15.0 Å². The van der Waals surface area contributed by atoms with E-state index in [1.807, 2.05) is 0 Å². The molecular weight excluding hydrogens is 322 g/mol. The van der Waals surface area contributed by atoms with Crippen molar-refractivity contribution in [2.24, 2.45) is 5.73 Å². The Morgan fingerprint density at radius 1 is 0.920 bits per heavy atom. The van der Waals surface area contributed by atoms with Crippen LogP contribution < -0.4 is 20.4 Å². The molecule has 2 atom stereocenters. The van der Waals surface area contributed by atoms with Crippen LogP contribution in [0.15, 0.2) is 0 Å². The van der Waals surface area contributed by atoms with Crippen molar-refractivity contribution in [2.45, 2.75) is 44.2 Å². The number of hydrogen-bond donors (Lipinski definition) is 2. The lowest BCUT2D eigenvalue weighted by Gasteiger charge is -2.26. The molecule has 1 aromatic heterocycles. The minimum Gasteiger partial charge on any atom is -0.391 e. The topological polar surface area (TPSA) is 112 Å². The van der Waals surface area contributed by atoms with E-state index in [9.17, 15) is 9.90 Å². The maximum atomic E-state index is 11.8. The van der Waals surface area contributed by atoms with E-state index < -0.39 is 18.1 Å².